The summed E-state index contributed by atoms with van der Waals surface area (Å²) in [6.07, 6.45) is 8.36. The van der Waals surface area contributed by atoms with Gasteiger partial charge in [-0.1, -0.05) is 37.8 Å². The molecule has 26 heavy (non-hydrogen) atoms. The first-order chi connectivity index (χ1) is 12.4. The molecule has 3 rings (SSSR count). The first kappa shape index (κ1) is 18.8. The second-order valence-corrected chi connectivity index (χ2v) is 9.40. The van der Waals surface area contributed by atoms with Crippen molar-refractivity contribution >= 4 is 38.1 Å². The third-order valence-corrected chi connectivity index (χ3v) is 5.93. The number of nitrogens with zero attached hydrogens (tertiary/aromatic N) is 1. The predicted octanol–water partition coefficient (Wildman–Crippen LogP) is 3.82. The van der Waals surface area contributed by atoms with Crippen LogP contribution in [0.2, 0.25) is 0 Å². The average molecular weight is 394 g/mol. The molecule has 1 heterocycles. The molecule has 1 fully saturated rings. The van der Waals surface area contributed by atoms with Crippen molar-refractivity contribution < 1.29 is 13.2 Å². The van der Waals surface area contributed by atoms with E-state index in [0.29, 0.717) is 16.7 Å². The number of aromatic nitrogens is 1. The van der Waals surface area contributed by atoms with Gasteiger partial charge in [-0.05, 0) is 30.0 Å². The lowest BCUT2D eigenvalue weighted by Crippen LogP contribution is -2.23. The molecule has 0 bridgehead atoms. The monoisotopic (exact) mass is 393 g/mol. The van der Waals surface area contributed by atoms with Gasteiger partial charge in [-0.3, -0.25) is 9.52 Å². The highest BCUT2D eigenvalue weighted by atomic mass is 32.2. The van der Waals surface area contributed by atoms with Crippen LogP contribution in [0, 0.1) is 5.92 Å². The normalized spacial score (nSPS) is 16.3. The van der Waals surface area contributed by atoms with Crippen molar-refractivity contribution in [3.8, 4) is 0 Å². The van der Waals surface area contributed by atoms with Crippen LogP contribution in [0.1, 0.15) is 43.6 Å². The number of anilines is 2. The number of carbonyl (C=O) groups is 1. The van der Waals surface area contributed by atoms with Gasteiger partial charge in [-0.2, -0.15) is 0 Å². The van der Waals surface area contributed by atoms with E-state index < -0.39 is 10.0 Å². The minimum atomic E-state index is -3.32. The first-order valence-corrected chi connectivity index (χ1v) is 11.5. The average Bonchev–Trinajstić information content (AvgIpc) is 3.25. The molecule has 1 aromatic carbocycles. The third kappa shape index (κ3) is 5.28. The summed E-state index contributed by atoms with van der Waals surface area (Å²) in [6.45, 7) is 0. The molecule has 140 valence electrons. The zero-order valence-electron chi connectivity index (χ0n) is 14.6. The fourth-order valence-electron chi connectivity index (χ4n) is 3.45. The lowest BCUT2D eigenvalue weighted by molar-refractivity contribution is -0.118. The van der Waals surface area contributed by atoms with Gasteiger partial charge in [-0.25, -0.2) is 13.4 Å². The van der Waals surface area contributed by atoms with E-state index >= 15 is 0 Å². The van der Waals surface area contributed by atoms with Crippen molar-refractivity contribution in [3.63, 3.8) is 0 Å². The zero-order chi connectivity index (χ0) is 18.6. The van der Waals surface area contributed by atoms with E-state index in [9.17, 15) is 13.2 Å². The second kappa shape index (κ2) is 8.18. The molecule has 0 spiro atoms. The van der Waals surface area contributed by atoms with E-state index in [0.717, 1.165) is 31.1 Å². The van der Waals surface area contributed by atoms with Gasteiger partial charge in [-0.15, -0.1) is 11.3 Å². The summed E-state index contributed by atoms with van der Waals surface area (Å²) in [4.78, 5) is 17.0. The summed E-state index contributed by atoms with van der Waals surface area (Å²) in [7, 11) is -3.32. The highest BCUT2D eigenvalue weighted by Gasteiger charge is 2.27. The minimum absolute atomic E-state index is 0.0596. The Bertz CT molecular complexity index is 827. The lowest BCUT2D eigenvalue weighted by Gasteiger charge is -2.20. The Hall–Kier alpha value is -1.93. The Kier molecular flexibility index (Phi) is 5.93. The van der Waals surface area contributed by atoms with Crippen LogP contribution in [0.3, 0.4) is 0 Å². The summed E-state index contributed by atoms with van der Waals surface area (Å²) in [5, 5.41) is 5.33. The van der Waals surface area contributed by atoms with Crippen LogP contribution in [0.15, 0.2) is 35.8 Å². The molecule has 6 nitrogen and oxygen atoms in total. The third-order valence-electron chi connectivity index (χ3n) is 4.64. The molecule has 2 N–H and O–H groups in total. The number of hydrogen-bond donors (Lipinski definition) is 2. The Labute approximate surface area is 158 Å². The molecule has 0 radical (unpaired) electrons. The molecule has 0 aliphatic heterocycles. The quantitative estimate of drug-likeness (QED) is 0.748. The summed E-state index contributed by atoms with van der Waals surface area (Å²) in [6, 6.07) is 7.06. The van der Waals surface area contributed by atoms with E-state index in [1.165, 1.54) is 24.2 Å². The molecule has 1 unspecified atom stereocenters. The van der Waals surface area contributed by atoms with E-state index in [-0.39, 0.29) is 11.8 Å². The molecule has 1 aromatic heterocycles. The first-order valence-electron chi connectivity index (χ1n) is 8.69. The SMILES string of the molecule is CS(=O)(=O)Nc1ccc(C(CC2CCCC2)C(=O)Nc2nccs2)cc1. The van der Waals surface area contributed by atoms with Crippen LogP contribution in [0.4, 0.5) is 10.8 Å². The molecule has 1 amide bonds. The molecule has 1 aliphatic carbocycles. The van der Waals surface area contributed by atoms with Gasteiger partial charge in [0.15, 0.2) is 5.13 Å². The topological polar surface area (TPSA) is 88.2 Å². The molecule has 1 saturated carbocycles. The van der Waals surface area contributed by atoms with Gasteiger partial charge in [0, 0.05) is 17.3 Å². The van der Waals surface area contributed by atoms with Crippen LogP contribution in [-0.4, -0.2) is 25.6 Å². The predicted molar refractivity (Wildman–Crippen MR) is 105 cm³/mol. The molecule has 1 atom stereocenters. The number of amides is 1. The molecule has 8 heteroatoms. The summed E-state index contributed by atoms with van der Waals surface area (Å²) < 4.78 is 25.2. The molecular weight excluding hydrogens is 370 g/mol. The fourth-order valence-corrected chi connectivity index (χ4v) is 4.55. The van der Waals surface area contributed by atoms with Gasteiger partial charge in [0.1, 0.15) is 0 Å². The van der Waals surface area contributed by atoms with Crippen LogP contribution < -0.4 is 10.0 Å². The molecular formula is C18H23N3O3S2. The van der Waals surface area contributed by atoms with Gasteiger partial charge < -0.3 is 5.32 Å². The maximum Gasteiger partial charge on any atom is 0.233 e. The maximum atomic E-state index is 12.9. The molecule has 1 aliphatic rings. The highest BCUT2D eigenvalue weighted by molar-refractivity contribution is 7.92. The minimum Gasteiger partial charge on any atom is -0.301 e. The van der Waals surface area contributed by atoms with Gasteiger partial charge in [0.2, 0.25) is 15.9 Å². The van der Waals surface area contributed by atoms with E-state index in [4.69, 9.17) is 0 Å². The molecule has 0 saturated heterocycles. The number of thiazole rings is 1. The maximum absolute atomic E-state index is 12.9. The summed E-state index contributed by atoms with van der Waals surface area (Å²) in [5.41, 5.74) is 1.39. The van der Waals surface area contributed by atoms with Gasteiger partial charge in [0.25, 0.3) is 0 Å². The number of rotatable bonds is 7. The summed E-state index contributed by atoms with van der Waals surface area (Å²) in [5.74, 6) is 0.223. The van der Waals surface area contributed by atoms with Crippen LogP contribution >= 0.6 is 11.3 Å². The number of benzene rings is 1. The second-order valence-electron chi connectivity index (χ2n) is 6.76. The summed E-state index contributed by atoms with van der Waals surface area (Å²) >= 11 is 1.40. The van der Waals surface area contributed by atoms with Gasteiger partial charge in [0.05, 0.1) is 12.2 Å². The van der Waals surface area contributed by atoms with Crippen molar-refractivity contribution in [1.29, 1.82) is 0 Å². The van der Waals surface area contributed by atoms with E-state index in [2.05, 4.69) is 15.0 Å². The number of sulfonamides is 1. The van der Waals surface area contributed by atoms with Gasteiger partial charge >= 0.3 is 0 Å². The van der Waals surface area contributed by atoms with E-state index in [1.807, 2.05) is 17.5 Å². The lowest BCUT2D eigenvalue weighted by atomic mass is 9.87. The Morgan fingerprint density at radius 2 is 1.96 bits per heavy atom. The Morgan fingerprint density at radius 3 is 2.54 bits per heavy atom. The van der Waals surface area contributed by atoms with Crippen molar-refractivity contribution in [2.24, 2.45) is 5.92 Å². The zero-order valence-corrected chi connectivity index (χ0v) is 16.3. The van der Waals surface area contributed by atoms with Crippen molar-refractivity contribution in [3.05, 3.63) is 41.4 Å². The van der Waals surface area contributed by atoms with Crippen LogP contribution in [-0.2, 0) is 14.8 Å². The standard InChI is InChI=1S/C18H23N3O3S2/c1-26(23,24)21-15-8-6-14(7-9-15)16(12-13-4-2-3-5-13)17(22)20-18-19-10-11-25-18/h6-11,13,16,21H,2-5,12H2,1H3,(H,19,20,22). The number of hydrogen-bond acceptors (Lipinski definition) is 5. The van der Waals surface area contributed by atoms with Crippen molar-refractivity contribution in [2.75, 3.05) is 16.3 Å². The largest absolute Gasteiger partial charge is 0.301 e. The smallest absolute Gasteiger partial charge is 0.233 e. The number of nitrogens with one attached hydrogen (secondary N) is 2. The highest BCUT2D eigenvalue weighted by Crippen LogP contribution is 2.35. The molecule has 2 aromatic rings. The van der Waals surface area contributed by atoms with Crippen LogP contribution in [0.25, 0.3) is 0 Å². The fraction of sp³-hybridized carbons (Fsp3) is 0.444. The van der Waals surface area contributed by atoms with Crippen LogP contribution in [0.5, 0.6) is 0 Å². The van der Waals surface area contributed by atoms with E-state index in [1.54, 1.807) is 18.3 Å². The Balaban J connectivity index is 1.78. The Morgan fingerprint density at radius 1 is 1.27 bits per heavy atom. The number of carbonyl (C=O) groups excluding carboxylic acids is 1. The van der Waals surface area contributed by atoms with Crippen molar-refractivity contribution in [2.45, 2.75) is 38.0 Å². The van der Waals surface area contributed by atoms with Crippen molar-refractivity contribution in [1.82, 2.24) is 4.98 Å².